The van der Waals surface area contributed by atoms with Gasteiger partial charge in [0.25, 0.3) is 0 Å². The third-order valence-electron chi connectivity index (χ3n) is 8.55. The largest absolute Gasteiger partial charge is 3.00 e. The Kier molecular flexibility index (Phi) is 8.79. The van der Waals surface area contributed by atoms with Gasteiger partial charge in [-0.2, -0.15) is 5.95 Å². The van der Waals surface area contributed by atoms with Crippen molar-refractivity contribution in [1.82, 2.24) is 4.98 Å². The summed E-state index contributed by atoms with van der Waals surface area (Å²) in [6.45, 7) is 8.48. The van der Waals surface area contributed by atoms with E-state index in [0.29, 0.717) is 0 Å². The second-order valence-corrected chi connectivity index (χ2v) is 11.3. The van der Waals surface area contributed by atoms with Gasteiger partial charge >= 0.3 is 35.6 Å². The quantitative estimate of drug-likeness (QED) is 0.470. The van der Waals surface area contributed by atoms with E-state index in [9.17, 15) is 10.2 Å². The SMILES string of the molecule is CCC1=C(C)C2=NC1=CC1=NC(=Cc3[n-]c(c(C)c3CC)C=C3C=CC(=N3)C(=c3ccc(=C([O-])[O-])cc3)C3=NC(=C2)C=C3)C=C1.[La+3]. The number of allylic oxidation sites excluding steroid dienone is 10. The molecule has 7 nitrogen and oxygen atoms in total. The first-order valence-electron chi connectivity index (χ1n) is 15.1. The van der Waals surface area contributed by atoms with Crippen molar-refractivity contribution in [2.45, 2.75) is 40.5 Å². The van der Waals surface area contributed by atoms with Crippen molar-refractivity contribution in [3.05, 3.63) is 140 Å². The van der Waals surface area contributed by atoms with Crippen LogP contribution in [0.5, 0.6) is 0 Å². The molecule has 5 aliphatic rings. The summed E-state index contributed by atoms with van der Waals surface area (Å²) in [5, 5.41) is 23.8. The molecule has 0 aliphatic carbocycles. The molecule has 2 aromatic rings. The minimum absolute atomic E-state index is 0. The van der Waals surface area contributed by atoms with E-state index in [-0.39, 0.29) is 40.8 Å². The number of fused-ring (bicyclic) bond motifs is 6. The second kappa shape index (κ2) is 12.8. The Hall–Kier alpha value is -4.37. The van der Waals surface area contributed by atoms with Crippen molar-refractivity contribution in [3.63, 3.8) is 0 Å². The van der Waals surface area contributed by atoms with Crippen molar-refractivity contribution in [2.24, 2.45) is 20.0 Å². The van der Waals surface area contributed by atoms with Crippen LogP contribution in [0.3, 0.4) is 0 Å². The zero-order valence-corrected chi connectivity index (χ0v) is 29.8. The molecule has 0 N–H and O–H groups in total. The molecule has 0 saturated heterocycles. The van der Waals surface area contributed by atoms with Crippen LogP contribution < -0.4 is 25.6 Å². The molecule has 8 heteroatoms. The smallest absolute Gasteiger partial charge is 0.884 e. The predicted octanol–water partition coefficient (Wildman–Crippen LogP) is 3.83. The predicted molar refractivity (Wildman–Crippen MR) is 179 cm³/mol. The summed E-state index contributed by atoms with van der Waals surface area (Å²) in [6, 6.07) is 6.64. The molecule has 1 aromatic carbocycles. The zero-order chi connectivity index (χ0) is 31.2. The van der Waals surface area contributed by atoms with E-state index in [0.717, 1.165) is 91.8 Å². The normalized spacial score (nSPS) is 18.0. The molecule has 1 aromatic heterocycles. The van der Waals surface area contributed by atoms with Crippen molar-refractivity contribution < 1.29 is 45.8 Å². The number of rotatable bonds is 2. The van der Waals surface area contributed by atoms with Crippen LogP contribution in [-0.2, 0) is 6.42 Å². The molecule has 6 heterocycles. The average molecular weight is 728 g/mol. The Morgan fingerprint density at radius 3 is 1.96 bits per heavy atom. The van der Waals surface area contributed by atoms with Gasteiger partial charge in [-0.25, -0.2) is 20.0 Å². The van der Waals surface area contributed by atoms with Crippen LogP contribution in [0.2, 0.25) is 0 Å². The fourth-order valence-electron chi connectivity index (χ4n) is 6.18. The van der Waals surface area contributed by atoms with Crippen LogP contribution in [0.1, 0.15) is 49.7 Å². The van der Waals surface area contributed by atoms with Crippen LogP contribution >= 0.6 is 0 Å². The maximum absolute atomic E-state index is 11.5. The van der Waals surface area contributed by atoms with Gasteiger partial charge in [-0.05, 0) is 96.9 Å². The zero-order valence-electron chi connectivity index (χ0n) is 26.1. The third kappa shape index (κ3) is 5.84. The van der Waals surface area contributed by atoms with E-state index in [1.54, 1.807) is 24.3 Å². The molecular weight excluding hydrogens is 697 g/mol. The maximum Gasteiger partial charge on any atom is 3.00 e. The van der Waals surface area contributed by atoms with E-state index in [1.807, 2.05) is 60.8 Å². The van der Waals surface area contributed by atoms with Gasteiger partial charge in [-0.3, -0.25) is 0 Å². The van der Waals surface area contributed by atoms with E-state index < -0.39 is 5.95 Å². The Bertz CT molecular complexity index is 2180. The standard InChI is InChI=1S/C38H32N5O2.La/c1-5-29-21(3)33-17-27-13-15-31(40-27)37(23-7-9-24(10-8-23)38(44)45)32-16-14-28(41-32)18-34-22(4)30(6-2)36(43-34)20-26-12-11-25(39-26)19-35(29)42-33;/h7-20H,5-6H2,1-4H3,(H2-,39,40,41,42,43,44,45);/q-1;+3/p-2. The summed E-state index contributed by atoms with van der Waals surface area (Å²) in [4.78, 5) is 24.9. The summed E-state index contributed by atoms with van der Waals surface area (Å²) in [7, 11) is 0. The molecule has 5 aliphatic heterocycles. The molecule has 0 spiro atoms. The number of nitrogens with zero attached hydrogens (tertiary/aromatic N) is 5. The van der Waals surface area contributed by atoms with Crippen molar-refractivity contribution in [3.8, 4) is 0 Å². The molecule has 7 rings (SSSR count). The molecule has 0 amide bonds. The first-order valence-corrected chi connectivity index (χ1v) is 15.1. The van der Waals surface area contributed by atoms with Gasteiger partial charge in [-0.1, -0.05) is 61.4 Å². The fraction of sp³-hybridized carbons (Fsp3) is 0.158. The molecule has 0 atom stereocenters. The van der Waals surface area contributed by atoms with Gasteiger partial charge in [0.2, 0.25) is 0 Å². The monoisotopic (exact) mass is 727 g/mol. The van der Waals surface area contributed by atoms with Crippen LogP contribution in [0, 0.1) is 42.5 Å². The maximum atomic E-state index is 11.5. The van der Waals surface area contributed by atoms with E-state index in [2.05, 4.69) is 27.7 Å². The van der Waals surface area contributed by atoms with Crippen LogP contribution in [0.25, 0.3) is 23.7 Å². The minimum atomic E-state index is -1.22. The molecule has 46 heavy (non-hydrogen) atoms. The van der Waals surface area contributed by atoms with E-state index >= 15 is 0 Å². The number of hydrogen-bond acceptors (Lipinski definition) is 6. The first-order chi connectivity index (χ1) is 21.8. The Morgan fingerprint density at radius 2 is 1.30 bits per heavy atom. The summed E-state index contributed by atoms with van der Waals surface area (Å²) < 4.78 is 0. The number of aliphatic imine (C=N–C) groups is 4. The van der Waals surface area contributed by atoms with E-state index in [4.69, 9.17) is 25.0 Å². The fourth-order valence-corrected chi connectivity index (χ4v) is 6.18. The molecule has 0 unspecified atom stereocenters. The van der Waals surface area contributed by atoms with Gasteiger partial charge in [0.1, 0.15) is 0 Å². The van der Waals surface area contributed by atoms with E-state index in [1.165, 1.54) is 11.1 Å². The Labute approximate surface area is 295 Å². The van der Waals surface area contributed by atoms with Crippen molar-refractivity contribution in [2.75, 3.05) is 0 Å². The van der Waals surface area contributed by atoms with Gasteiger partial charge in [0.05, 0.1) is 45.6 Å². The molecule has 222 valence electrons. The topological polar surface area (TPSA) is 110 Å². The average Bonchev–Trinajstić information content (AvgIpc) is 3.86. The van der Waals surface area contributed by atoms with Gasteiger partial charge in [-0.15, -0.1) is 11.4 Å². The molecule has 0 fully saturated rings. The van der Waals surface area contributed by atoms with Gasteiger partial charge in [0.15, 0.2) is 0 Å². The molecule has 0 radical (unpaired) electrons. The molecule has 10 bridgehead atoms. The Balaban J connectivity index is 0.00000372. The van der Waals surface area contributed by atoms with Crippen molar-refractivity contribution in [1.29, 1.82) is 0 Å². The summed E-state index contributed by atoms with van der Waals surface area (Å²) in [5.41, 5.74) is 13.7. The van der Waals surface area contributed by atoms with Crippen LogP contribution in [0.15, 0.2) is 127 Å². The molecule has 0 saturated carbocycles. The number of hydrogen-bond donors (Lipinski definition) is 0. The third-order valence-corrected chi connectivity index (χ3v) is 8.55. The summed E-state index contributed by atoms with van der Waals surface area (Å²) in [6.07, 6.45) is 21.7. The number of aromatic nitrogens is 1. The molecular formula is C38H30LaN5O2. The van der Waals surface area contributed by atoms with Crippen molar-refractivity contribution >= 4 is 46.5 Å². The minimum Gasteiger partial charge on any atom is -0.884 e. The number of benzene rings is 1. The van der Waals surface area contributed by atoms with Gasteiger partial charge < -0.3 is 15.2 Å². The first kappa shape index (κ1) is 31.6. The summed E-state index contributed by atoms with van der Waals surface area (Å²) >= 11 is 0. The van der Waals surface area contributed by atoms with Gasteiger partial charge in [0, 0.05) is 5.57 Å². The van der Waals surface area contributed by atoms with Crippen LogP contribution in [0.4, 0.5) is 0 Å². The summed E-state index contributed by atoms with van der Waals surface area (Å²) in [5.74, 6) is -1.22. The Morgan fingerprint density at radius 1 is 0.674 bits per heavy atom. The van der Waals surface area contributed by atoms with Crippen LogP contribution in [-0.4, -0.2) is 22.8 Å². The second-order valence-electron chi connectivity index (χ2n) is 11.3.